The van der Waals surface area contributed by atoms with Crippen molar-refractivity contribution in [1.82, 2.24) is 0 Å². The summed E-state index contributed by atoms with van der Waals surface area (Å²) in [6.45, 7) is 0. The van der Waals surface area contributed by atoms with Gasteiger partial charge >= 0.3 is 0 Å². The van der Waals surface area contributed by atoms with Crippen molar-refractivity contribution in [3.8, 4) is 0 Å². The Kier molecular flexibility index (Phi) is 3.21. The van der Waals surface area contributed by atoms with Crippen molar-refractivity contribution in [2.45, 2.75) is 0 Å². The molecule has 1 rings (SSSR count). The highest BCUT2D eigenvalue weighted by Gasteiger charge is 2.17. The van der Waals surface area contributed by atoms with Crippen LogP contribution in [0.1, 0.15) is 0 Å². The molecule has 1 aliphatic carbocycles. The Morgan fingerprint density at radius 2 is 1.91 bits per heavy atom. The molecule has 58 valence electrons. The van der Waals surface area contributed by atoms with Crippen molar-refractivity contribution in [2.75, 3.05) is 0 Å². The summed E-state index contributed by atoms with van der Waals surface area (Å²) in [5.41, 5.74) is 0.381. The smallest absolute Gasteiger partial charge is 0.218 e. The van der Waals surface area contributed by atoms with E-state index in [4.69, 9.17) is 0 Å². The molecule has 1 aliphatic rings. The molecule has 0 aromatic carbocycles. The number of ketones is 1. The molecule has 0 radical (unpaired) electrons. The number of nitrogens with zero attached hydrogens (tertiary/aromatic N) is 1. The number of hydrogen-bond donors (Lipinski definition) is 0. The second-order valence-corrected chi connectivity index (χ2v) is 3.95. The summed E-state index contributed by atoms with van der Waals surface area (Å²) in [4.78, 5) is 11.2. The fourth-order valence-corrected chi connectivity index (χ4v) is 2.08. The molecule has 0 heterocycles. The molecular weight excluding hydrogens is 342 g/mol. The van der Waals surface area contributed by atoms with Crippen LogP contribution in [0.25, 0.3) is 0 Å². The first-order chi connectivity index (χ1) is 5.15. The molecule has 11 heavy (non-hydrogen) atoms. The molecule has 0 aromatic rings. The molecule has 0 aliphatic heterocycles. The number of rotatable bonds is 0. The minimum Gasteiger partial charge on any atom is -0.286 e. The van der Waals surface area contributed by atoms with Gasteiger partial charge in [0.05, 0.1) is 20.6 Å². The van der Waals surface area contributed by atoms with Crippen LogP contribution in [0.3, 0.4) is 0 Å². The summed E-state index contributed by atoms with van der Waals surface area (Å²) in [5.74, 6) is -0.120. The molecule has 2 nitrogen and oxygen atoms in total. The van der Waals surface area contributed by atoms with Gasteiger partial charge in [-0.05, 0) is 28.1 Å². The van der Waals surface area contributed by atoms with Gasteiger partial charge in [0.25, 0.3) is 0 Å². The topological polar surface area (TPSA) is 29.4 Å². The summed E-state index contributed by atoms with van der Waals surface area (Å²) in [5, 5.41) is 0. The van der Waals surface area contributed by atoms with Crippen LogP contribution in [0.2, 0.25) is 0 Å². The fourth-order valence-electron chi connectivity index (χ4n) is 0.610. The molecule has 0 fully saturated rings. The fraction of sp³-hybridized carbons (Fsp3) is 0. The molecule has 0 amide bonds. The number of Topliss-reactive ketones (excluding diaryl/α,β-unsaturated/α-hetero) is 1. The van der Waals surface area contributed by atoms with Crippen molar-refractivity contribution >= 4 is 59.5 Å². The lowest BCUT2D eigenvalue weighted by atomic mass is 10.1. The zero-order chi connectivity index (χ0) is 8.43. The van der Waals surface area contributed by atoms with Crippen LogP contribution in [-0.4, -0.2) is 11.5 Å². The SMILES string of the molecule is O=C1C(Br)=CC(Br)=CC1=NBr. The van der Waals surface area contributed by atoms with Gasteiger partial charge in [-0.1, -0.05) is 15.9 Å². The minimum atomic E-state index is -0.120. The van der Waals surface area contributed by atoms with Crippen LogP contribution in [-0.2, 0) is 4.79 Å². The van der Waals surface area contributed by atoms with Gasteiger partial charge in [-0.2, -0.15) is 0 Å². The second kappa shape index (κ2) is 3.78. The van der Waals surface area contributed by atoms with Crippen LogP contribution in [0.4, 0.5) is 0 Å². The molecule has 0 atom stereocenters. The van der Waals surface area contributed by atoms with Crippen molar-refractivity contribution in [3.05, 3.63) is 21.1 Å². The lowest BCUT2D eigenvalue weighted by molar-refractivity contribution is -0.109. The van der Waals surface area contributed by atoms with Crippen molar-refractivity contribution in [3.63, 3.8) is 0 Å². The number of halogens is 3. The van der Waals surface area contributed by atoms with Gasteiger partial charge in [-0.25, -0.2) is 4.02 Å². The van der Waals surface area contributed by atoms with Gasteiger partial charge < -0.3 is 0 Å². The van der Waals surface area contributed by atoms with Crippen LogP contribution in [0.5, 0.6) is 0 Å². The molecule has 0 unspecified atom stereocenters. The maximum atomic E-state index is 11.2. The molecule has 0 saturated heterocycles. The first-order valence-corrected chi connectivity index (χ1v) is 4.92. The van der Waals surface area contributed by atoms with Gasteiger partial charge in [0.15, 0.2) is 0 Å². The third kappa shape index (κ3) is 2.10. The summed E-state index contributed by atoms with van der Waals surface area (Å²) in [6.07, 6.45) is 3.33. The average molecular weight is 344 g/mol. The van der Waals surface area contributed by atoms with E-state index in [9.17, 15) is 4.79 Å². The van der Waals surface area contributed by atoms with Gasteiger partial charge in [0.2, 0.25) is 5.78 Å². The Morgan fingerprint density at radius 3 is 2.45 bits per heavy atom. The zero-order valence-electron chi connectivity index (χ0n) is 5.14. The lowest BCUT2D eigenvalue weighted by Gasteiger charge is -2.03. The van der Waals surface area contributed by atoms with Crippen LogP contribution in [0, 0.1) is 0 Å². The van der Waals surface area contributed by atoms with Crippen LogP contribution < -0.4 is 0 Å². The van der Waals surface area contributed by atoms with Crippen molar-refractivity contribution in [2.24, 2.45) is 4.02 Å². The van der Waals surface area contributed by atoms with E-state index in [0.29, 0.717) is 10.2 Å². The van der Waals surface area contributed by atoms with E-state index < -0.39 is 0 Å². The Labute approximate surface area is 89.0 Å². The predicted molar refractivity (Wildman–Crippen MR) is 55.4 cm³/mol. The maximum absolute atomic E-state index is 11.2. The molecule has 0 saturated carbocycles. The summed E-state index contributed by atoms with van der Waals surface area (Å²) < 4.78 is 4.96. The molecule has 0 spiro atoms. The number of hydrogen-bond acceptors (Lipinski definition) is 2. The highest BCUT2D eigenvalue weighted by Crippen LogP contribution is 2.21. The maximum Gasteiger partial charge on any atom is 0.218 e. The Hall–Kier alpha value is 0.260. The second-order valence-electron chi connectivity index (χ2n) is 1.82. The molecule has 5 heteroatoms. The number of carbonyl (C=O) groups excluding carboxylic acids is 1. The predicted octanol–water partition coefficient (Wildman–Crippen LogP) is 2.88. The van der Waals surface area contributed by atoms with Gasteiger partial charge in [0, 0.05) is 4.48 Å². The molecular formula is C6H2Br3NO. The zero-order valence-corrected chi connectivity index (χ0v) is 9.90. The average Bonchev–Trinajstić information content (AvgIpc) is 1.96. The van der Waals surface area contributed by atoms with E-state index >= 15 is 0 Å². The molecule has 0 N–H and O–H groups in total. The molecule has 0 aromatic heterocycles. The normalized spacial score (nSPS) is 21.7. The third-order valence-corrected chi connectivity index (χ3v) is 2.51. The largest absolute Gasteiger partial charge is 0.286 e. The number of carbonyl (C=O) groups is 1. The van der Waals surface area contributed by atoms with Gasteiger partial charge in [-0.15, -0.1) is 0 Å². The minimum absolute atomic E-state index is 0.120. The van der Waals surface area contributed by atoms with E-state index in [0.717, 1.165) is 4.48 Å². The van der Waals surface area contributed by atoms with Crippen molar-refractivity contribution < 1.29 is 4.79 Å². The van der Waals surface area contributed by atoms with Crippen molar-refractivity contribution in [1.29, 1.82) is 0 Å². The van der Waals surface area contributed by atoms with Gasteiger partial charge in [-0.3, -0.25) is 4.79 Å². The standard InChI is InChI=1S/C6H2Br3NO/c7-3-1-4(8)6(11)5(2-3)10-9/h1-2H. The van der Waals surface area contributed by atoms with E-state index in [1.807, 2.05) is 0 Å². The van der Waals surface area contributed by atoms with E-state index in [1.165, 1.54) is 0 Å². The number of allylic oxidation sites excluding steroid dienone is 4. The Bertz CT molecular complexity index is 290. The monoisotopic (exact) mass is 341 g/mol. The summed E-state index contributed by atoms with van der Waals surface area (Å²) in [6, 6.07) is 0. The summed E-state index contributed by atoms with van der Waals surface area (Å²) >= 11 is 9.21. The Balaban J connectivity index is 3.10. The first kappa shape index (κ1) is 9.35. The van der Waals surface area contributed by atoms with E-state index in [-0.39, 0.29) is 5.78 Å². The van der Waals surface area contributed by atoms with Crippen LogP contribution >= 0.6 is 48.0 Å². The van der Waals surface area contributed by atoms with E-state index in [1.54, 1.807) is 12.2 Å². The summed E-state index contributed by atoms with van der Waals surface area (Å²) in [7, 11) is 0. The quantitative estimate of drug-likeness (QED) is 0.622. The first-order valence-electron chi connectivity index (χ1n) is 2.63. The highest BCUT2D eigenvalue weighted by atomic mass is 79.9. The Morgan fingerprint density at radius 1 is 1.27 bits per heavy atom. The lowest BCUT2D eigenvalue weighted by Crippen LogP contribution is -2.13. The van der Waals surface area contributed by atoms with E-state index in [2.05, 4.69) is 52.0 Å². The highest BCUT2D eigenvalue weighted by molar-refractivity contribution is 9.12. The van der Waals surface area contributed by atoms with Gasteiger partial charge in [0.1, 0.15) is 5.71 Å². The third-order valence-electron chi connectivity index (χ3n) is 1.08. The van der Waals surface area contributed by atoms with Crippen LogP contribution in [0.15, 0.2) is 25.1 Å². The molecule has 0 bridgehead atoms.